The zero-order chi connectivity index (χ0) is 19.4. The first-order valence-corrected chi connectivity index (χ1v) is 8.90. The molecule has 1 fully saturated rings. The second-order valence-electron chi connectivity index (χ2n) is 6.95. The molecule has 2 amide bonds. The van der Waals surface area contributed by atoms with Crippen molar-refractivity contribution in [3.63, 3.8) is 0 Å². The highest BCUT2D eigenvalue weighted by molar-refractivity contribution is 5.94. The van der Waals surface area contributed by atoms with E-state index in [1.165, 1.54) is 24.4 Å². The number of aryl methyl sites for hydroxylation is 1. The molecule has 0 unspecified atom stereocenters. The Morgan fingerprint density at radius 3 is 2.85 bits per heavy atom. The van der Waals surface area contributed by atoms with Crippen molar-refractivity contribution < 1.29 is 19.1 Å². The van der Waals surface area contributed by atoms with Gasteiger partial charge in [-0.2, -0.15) is 0 Å². The van der Waals surface area contributed by atoms with Crippen molar-refractivity contribution in [3.8, 4) is 0 Å². The maximum absolute atomic E-state index is 13.2. The Hall–Kier alpha value is -2.74. The van der Waals surface area contributed by atoms with Crippen LogP contribution in [0.15, 0.2) is 36.8 Å². The molecule has 0 radical (unpaired) electrons. The number of nitrogens with one attached hydrogen (secondary N) is 1. The minimum atomic E-state index is -1.11. The summed E-state index contributed by atoms with van der Waals surface area (Å²) in [4.78, 5) is 30.4. The first-order valence-electron chi connectivity index (χ1n) is 8.90. The third-order valence-corrected chi connectivity index (χ3v) is 4.91. The second kappa shape index (κ2) is 7.87. The molecule has 3 rings (SSSR count). The quantitative estimate of drug-likeness (QED) is 0.846. The molecule has 7 nitrogen and oxygen atoms in total. The molecule has 1 aromatic heterocycles. The molecule has 27 heavy (non-hydrogen) atoms. The summed E-state index contributed by atoms with van der Waals surface area (Å²) in [7, 11) is 1.76. The lowest BCUT2D eigenvalue weighted by Gasteiger charge is -2.27. The van der Waals surface area contributed by atoms with Crippen LogP contribution in [0.1, 0.15) is 40.1 Å². The summed E-state index contributed by atoms with van der Waals surface area (Å²) < 4.78 is 14.9. The Kier molecular flexibility index (Phi) is 5.55. The monoisotopic (exact) mass is 374 g/mol. The normalized spacial score (nSPS) is 20.2. The Bertz CT molecular complexity index is 838. The van der Waals surface area contributed by atoms with Gasteiger partial charge in [-0.25, -0.2) is 9.37 Å². The maximum atomic E-state index is 13.2. The molecule has 144 valence electrons. The van der Waals surface area contributed by atoms with E-state index in [4.69, 9.17) is 0 Å². The molecule has 1 aliphatic rings. The number of imidazole rings is 1. The van der Waals surface area contributed by atoms with Gasteiger partial charge in [0.1, 0.15) is 11.5 Å². The average molecular weight is 374 g/mol. The van der Waals surface area contributed by atoms with Gasteiger partial charge in [0.2, 0.25) is 0 Å². The van der Waals surface area contributed by atoms with Crippen LogP contribution in [0, 0.1) is 5.82 Å². The summed E-state index contributed by atoms with van der Waals surface area (Å²) in [5.74, 6) is -1.04. The lowest BCUT2D eigenvalue weighted by molar-refractivity contribution is 0.0249. The number of rotatable bonds is 4. The van der Waals surface area contributed by atoms with Gasteiger partial charge in [0.15, 0.2) is 0 Å². The van der Waals surface area contributed by atoms with Crippen molar-refractivity contribution in [1.29, 1.82) is 0 Å². The molecular weight excluding hydrogens is 351 g/mol. The standard InChI is InChI=1S/C19H23FN4O3/c1-23-13-21-11-16(23)18(26)24-8-3-6-19(27,7-9-24)12-22-17(25)14-4-2-5-15(20)10-14/h2,4-5,10-11,13,27H,3,6-9,12H2,1H3,(H,22,25)/t19-/m1/s1. The number of aliphatic hydroxyl groups is 1. The molecule has 8 heteroatoms. The molecule has 0 bridgehead atoms. The first-order chi connectivity index (χ1) is 12.9. The van der Waals surface area contributed by atoms with E-state index in [9.17, 15) is 19.1 Å². The number of likely N-dealkylation sites (tertiary alicyclic amines) is 1. The van der Waals surface area contributed by atoms with Crippen molar-refractivity contribution in [3.05, 3.63) is 53.9 Å². The molecule has 1 atom stereocenters. The molecule has 0 saturated carbocycles. The van der Waals surface area contributed by atoms with Gasteiger partial charge in [-0.1, -0.05) is 6.07 Å². The summed E-state index contributed by atoms with van der Waals surface area (Å²) in [5, 5.41) is 13.5. The van der Waals surface area contributed by atoms with Gasteiger partial charge in [-0.05, 0) is 37.5 Å². The number of hydrogen-bond acceptors (Lipinski definition) is 4. The van der Waals surface area contributed by atoms with Crippen molar-refractivity contribution in [1.82, 2.24) is 19.8 Å². The summed E-state index contributed by atoms with van der Waals surface area (Å²) in [6.07, 6.45) is 4.53. The third kappa shape index (κ3) is 4.51. The minimum Gasteiger partial charge on any atom is -0.388 e. The Morgan fingerprint density at radius 1 is 1.33 bits per heavy atom. The Morgan fingerprint density at radius 2 is 2.15 bits per heavy atom. The van der Waals surface area contributed by atoms with Gasteiger partial charge in [0, 0.05) is 32.2 Å². The summed E-state index contributed by atoms with van der Waals surface area (Å²) in [5.41, 5.74) is -0.398. The fourth-order valence-electron chi connectivity index (χ4n) is 3.26. The molecule has 1 aromatic carbocycles. The number of halogens is 1. The highest BCUT2D eigenvalue weighted by Crippen LogP contribution is 2.23. The van der Waals surface area contributed by atoms with E-state index in [1.54, 1.807) is 22.8 Å². The van der Waals surface area contributed by atoms with Crippen molar-refractivity contribution >= 4 is 11.8 Å². The minimum absolute atomic E-state index is 0.0517. The second-order valence-corrected chi connectivity index (χ2v) is 6.95. The number of benzene rings is 1. The van der Waals surface area contributed by atoms with Crippen LogP contribution in [0.5, 0.6) is 0 Å². The topological polar surface area (TPSA) is 87.5 Å². The van der Waals surface area contributed by atoms with E-state index < -0.39 is 17.3 Å². The van der Waals surface area contributed by atoms with Gasteiger partial charge in [-0.15, -0.1) is 0 Å². The highest BCUT2D eigenvalue weighted by atomic mass is 19.1. The van der Waals surface area contributed by atoms with Crippen molar-refractivity contribution in [2.75, 3.05) is 19.6 Å². The Balaban J connectivity index is 1.58. The largest absolute Gasteiger partial charge is 0.388 e. The molecule has 1 saturated heterocycles. The van der Waals surface area contributed by atoms with E-state index in [0.717, 1.165) is 6.07 Å². The maximum Gasteiger partial charge on any atom is 0.272 e. The number of carbonyl (C=O) groups is 2. The fourth-order valence-corrected chi connectivity index (χ4v) is 3.26. The zero-order valence-corrected chi connectivity index (χ0v) is 15.2. The zero-order valence-electron chi connectivity index (χ0n) is 15.2. The van der Waals surface area contributed by atoms with Crippen LogP contribution in [0.3, 0.4) is 0 Å². The van der Waals surface area contributed by atoms with Gasteiger partial charge >= 0.3 is 0 Å². The summed E-state index contributed by atoms with van der Waals surface area (Å²) in [6.45, 7) is 0.969. The molecule has 1 aliphatic heterocycles. The molecular formula is C19H23FN4O3. The number of hydrogen-bond donors (Lipinski definition) is 2. The highest BCUT2D eigenvalue weighted by Gasteiger charge is 2.32. The lowest BCUT2D eigenvalue weighted by Crippen LogP contribution is -2.44. The summed E-state index contributed by atoms with van der Waals surface area (Å²) >= 11 is 0. The molecule has 2 N–H and O–H groups in total. The molecule has 0 spiro atoms. The molecule has 2 aromatic rings. The van der Waals surface area contributed by atoms with Gasteiger partial charge < -0.3 is 19.9 Å². The van der Waals surface area contributed by atoms with Gasteiger partial charge in [0.25, 0.3) is 11.8 Å². The van der Waals surface area contributed by atoms with Crippen LogP contribution >= 0.6 is 0 Å². The van der Waals surface area contributed by atoms with Gasteiger partial charge in [-0.3, -0.25) is 9.59 Å². The van der Waals surface area contributed by atoms with Crippen LogP contribution in [0.2, 0.25) is 0 Å². The first kappa shape index (κ1) is 19.0. The third-order valence-electron chi connectivity index (χ3n) is 4.91. The van der Waals surface area contributed by atoms with Crippen LogP contribution in [-0.4, -0.2) is 56.6 Å². The number of carbonyl (C=O) groups excluding carboxylic acids is 2. The van der Waals surface area contributed by atoms with Gasteiger partial charge in [0.05, 0.1) is 18.1 Å². The Labute approximate surface area is 156 Å². The number of nitrogens with zero attached hydrogens (tertiary/aromatic N) is 3. The predicted octanol–water partition coefficient (Wildman–Crippen LogP) is 1.35. The SMILES string of the molecule is Cn1cncc1C(=O)N1CCC[C@](O)(CNC(=O)c2cccc(F)c2)CC1. The van der Waals surface area contributed by atoms with E-state index in [0.29, 0.717) is 38.0 Å². The van der Waals surface area contributed by atoms with Crippen molar-refractivity contribution in [2.24, 2.45) is 7.05 Å². The number of aromatic nitrogens is 2. The van der Waals surface area contributed by atoms with E-state index in [2.05, 4.69) is 10.3 Å². The molecule has 0 aliphatic carbocycles. The van der Waals surface area contributed by atoms with Crippen LogP contribution < -0.4 is 5.32 Å². The smallest absolute Gasteiger partial charge is 0.272 e. The fraction of sp³-hybridized carbons (Fsp3) is 0.421. The lowest BCUT2D eigenvalue weighted by atomic mass is 9.94. The number of amides is 2. The van der Waals surface area contributed by atoms with Crippen LogP contribution in [0.25, 0.3) is 0 Å². The predicted molar refractivity (Wildman–Crippen MR) is 96.6 cm³/mol. The molecule has 2 heterocycles. The van der Waals surface area contributed by atoms with E-state index >= 15 is 0 Å². The van der Waals surface area contributed by atoms with Crippen LogP contribution in [-0.2, 0) is 7.05 Å². The van der Waals surface area contributed by atoms with Crippen molar-refractivity contribution in [2.45, 2.75) is 24.9 Å². The van der Waals surface area contributed by atoms with E-state index in [1.807, 2.05) is 0 Å². The average Bonchev–Trinajstić information content (AvgIpc) is 2.98. The van der Waals surface area contributed by atoms with Crippen LogP contribution in [0.4, 0.5) is 4.39 Å². The van der Waals surface area contributed by atoms with E-state index in [-0.39, 0.29) is 18.0 Å². The summed E-state index contributed by atoms with van der Waals surface area (Å²) in [6, 6.07) is 5.40.